The van der Waals surface area contributed by atoms with Crippen LogP contribution in [0.25, 0.3) is 5.57 Å². The van der Waals surface area contributed by atoms with E-state index in [1.807, 2.05) is 0 Å². The van der Waals surface area contributed by atoms with Crippen molar-refractivity contribution in [3.63, 3.8) is 0 Å². The Morgan fingerprint density at radius 2 is 1.95 bits per heavy atom. The number of anilines is 1. The van der Waals surface area contributed by atoms with Crippen molar-refractivity contribution in [2.24, 2.45) is 0 Å². The summed E-state index contributed by atoms with van der Waals surface area (Å²) >= 11 is 0. The molecule has 1 aliphatic heterocycles. The number of rotatable bonds is 2. The molecule has 3 rings (SSSR count). The standard InChI is InChI=1S/C17H23N2/c1-18-10-12-19(13-11-18)17-9-5-8-16(14-17)15-6-3-2-4-7-15/h5-6,9,14H,2-4,7,10-13H2,1H3. The highest BCUT2D eigenvalue weighted by Gasteiger charge is 2.15. The molecule has 0 N–H and O–H groups in total. The molecule has 1 saturated heterocycles. The van der Waals surface area contributed by atoms with Gasteiger partial charge < -0.3 is 9.80 Å². The molecule has 0 aromatic heterocycles. The summed E-state index contributed by atoms with van der Waals surface area (Å²) in [6, 6.07) is 10.1. The monoisotopic (exact) mass is 255 g/mol. The van der Waals surface area contributed by atoms with Gasteiger partial charge >= 0.3 is 0 Å². The minimum absolute atomic E-state index is 1.14. The van der Waals surface area contributed by atoms with Gasteiger partial charge in [-0.25, -0.2) is 0 Å². The number of allylic oxidation sites excluding steroid dienone is 2. The molecule has 101 valence electrons. The van der Waals surface area contributed by atoms with E-state index in [9.17, 15) is 0 Å². The summed E-state index contributed by atoms with van der Waals surface area (Å²) in [5.41, 5.74) is 4.19. The predicted molar refractivity (Wildman–Crippen MR) is 81.4 cm³/mol. The highest BCUT2D eigenvalue weighted by molar-refractivity contribution is 5.69. The molecule has 0 amide bonds. The van der Waals surface area contributed by atoms with E-state index in [-0.39, 0.29) is 0 Å². The van der Waals surface area contributed by atoms with E-state index in [0.717, 1.165) is 26.2 Å². The van der Waals surface area contributed by atoms with Gasteiger partial charge in [-0.3, -0.25) is 0 Å². The zero-order valence-electron chi connectivity index (χ0n) is 11.9. The van der Waals surface area contributed by atoms with Crippen molar-refractivity contribution in [3.05, 3.63) is 35.9 Å². The second-order valence-electron chi connectivity index (χ2n) is 5.73. The lowest BCUT2D eigenvalue weighted by atomic mass is 9.93. The largest absolute Gasteiger partial charge is 0.369 e. The molecule has 1 aromatic rings. The summed E-state index contributed by atoms with van der Waals surface area (Å²) in [7, 11) is 2.20. The van der Waals surface area contributed by atoms with Crippen LogP contribution >= 0.6 is 0 Å². The van der Waals surface area contributed by atoms with E-state index < -0.39 is 0 Å². The van der Waals surface area contributed by atoms with Crippen LogP contribution < -0.4 is 4.90 Å². The fourth-order valence-electron chi connectivity index (χ4n) is 2.98. The molecule has 2 heteroatoms. The smallest absolute Gasteiger partial charge is 0.0373 e. The molecule has 0 unspecified atom stereocenters. The van der Waals surface area contributed by atoms with Crippen molar-refractivity contribution in [2.75, 3.05) is 38.1 Å². The van der Waals surface area contributed by atoms with Crippen LogP contribution in [0.5, 0.6) is 0 Å². The Morgan fingerprint density at radius 1 is 1.11 bits per heavy atom. The van der Waals surface area contributed by atoms with Crippen molar-refractivity contribution >= 4 is 11.3 Å². The van der Waals surface area contributed by atoms with Crippen molar-refractivity contribution in [1.82, 2.24) is 4.90 Å². The van der Waals surface area contributed by atoms with Crippen LogP contribution in [0.15, 0.2) is 24.3 Å². The van der Waals surface area contributed by atoms with Crippen LogP contribution in [0.2, 0.25) is 0 Å². The van der Waals surface area contributed by atoms with Crippen LogP contribution in [0, 0.1) is 6.07 Å². The van der Waals surface area contributed by atoms with Gasteiger partial charge in [0.05, 0.1) is 0 Å². The van der Waals surface area contributed by atoms with Gasteiger partial charge in [-0.15, -0.1) is 0 Å². The maximum absolute atomic E-state index is 3.42. The van der Waals surface area contributed by atoms with Gasteiger partial charge in [-0.05, 0) is 62.1 Å². The molecule has 1 radical (unpaired) electrons. The number of hydrogen-bond acceptors (Lipinski definition) is 2. The molecule has 19 heavy (non-hydrogen) atoms. The fourth-order valence-corrected chi connectivity index (χ4v) is 2.98. The molecular weight excluding hydrogens is 232 g/mol. The fraction of sp³-hybridized carbons (Fsp3) is 0.529. The number of piperazine rings is 1. The molecular formula is C17H23N2. The molecule has 0 spiro atoms. The van der Waals surface area contributed by atoms with Gasteiger partial charge in [-0.1, -0.05) is 12.1 Å². The topological polar surface area (TPSA) is 6.48 Å². The van der Waals surface area contributed by atoms with Crippen LogP contribution in [0.3, 0.4) is 0 Å². The van der Waals surface area contributed by atoms with Crippen LogP contribution in [0.4, 0.5) is 5.69 Å². The Balaban J connectivity index is 1.78. The van der Waals surface area contributed by atoms with Gasteiger partial charge in [0.2, 0.25) is 0 Å². The van der Waals surface area contributed by atoms with Crippen LogP contribution in [-0.2, 0) is 0 Å². The second kappa shape index (κ2) is 5.79. The van der Waals surface area contributed by atoms with Gasteiger partial charge in [-0.2, -0.15) is 0 Å². The Morgan fingerprint density at radius 3 is 2.68 bits per heavy atom. The summed E-state index contributed by atoms with van der Waals surface area (Å²) in [6.07, 6.45) is 7.55. The first kappa shape index (κ1) is 12.7. The maximum Gasteiger partial charge on any atom is 0.0373 e. The van der Waals surface area contributed by atoms with Crippen molar-refractivity contribution < 1.29 is 0 Å². The Kier molecular flexibility index (Phi) is 3.88. The van der Waals surface area contributed by atoms with Gasteiger partial charge in [0, 0.05) is 31.9 Å². The molecule has 2 nitrogen and oxygen atoms in total. The lowest BCUT2D eigenvalue weighted by Gasteiger charge is -2.34. The summed E-state index contributed by atoms with van der Waals surface area (Å²) in [6.45, 7) is 4.60. The predicted octanol–water partition coefficient (Wildman–Crippen LogP) is 3.20. The SMILES string of the molecule is CN1CCN(c2cc[c]c(C3=CCCCC3)c2)CC1. The maximum atomic E-state index is 3.42. The summed E-state index contributed by atoms with van der Waals surface area (Å²) in [5, 5.41) is 0. The van der Waals surface area contributed by atoms with Crippen molar-refractivity contribution in [1.29, 1.82) is 0 Å². The Labute approximate surface area is 116 Å². The summed E-state index contributed by atoms with van der Waals surface area (Å²) in [5.74, 6) is 0. The second-order valence-corrected chi connectivity index (χ2v) is 5.73. The summed E-state index contributed by atoms with van der Waals surface area (Å²) < 4.78 is 0. The minimum Gasteiger partial charge on any atom is -0.369 e. The first-order chi connectivity index (χ1) is 9.33. The molecule has 1 heterocycles. The molecule has 2 aliphatic rings. The lowest BCUT2D eigenvalue weighted by molar-refractivity contribution is 0.313. The number of benzene rings is 1. The van der Waals surface area contributed by atoms with Crippen molar-refractivity contribution in [3.8, 4) is 0 Å². The molecule has 0 atom stereocenters. The lowest BCUT2D eigenvalue weighted by Crippen LogP contribution is -2.44. The number of hydrogen-bond donors (Lipinski definition) is 0. The van der Waals surface area contributed by atoms with Crippen molar-refractivity contribution in [2.45, 2.75) is 25.7 Å². The van der Waals surface area contributed by atoms with E-state index in [1.165, 1.54) is 42.5 Å². The molecule has 0 bridgehead atoms. The van der Waals surface area contributed by atoms with E-state index in [0.29, 0.717) is 0 Å². The van der Waals surface area contributed by atoms with E-state index >= 15 is 0 Å². The van der Waals surface area contributed by atoms with Crippen LogP contribution in [-0.4, -0.2) is 38.1 Å². The average Bonchev–Trinajstić information content (AvgIpc) is 2.49. The first-order valence-corrected chi connectivity index (χ1v) is 7.47. The van der Waals surface area contributed by atoms with E-state index in [2.05, 4.69) is 47.2 Å². The third-order valence-electron chi connectivity index (χ3n) is 4.29. The van der Waals surface area contributed by atoms with E-state index in [1.54, 1.807) is 0 Å². The average molecular weight is 255 g/mol. The number of likely N-dealkylation sites (N-methyl/N-ethyl adjacent to an activating group) is 1. The first-order valence-electron chi connectivity index (χ1n) is 7.47. The Bertz CT molecular complexity index is 456. The molecule has 0 saturated carbocycles. The Hall–Kier alpha value is -1.28. The number of nitrogens with zero attached hydrogens (tertiary/aromatic N) is 2. The van der Waals surface area contributed by atoms with E-state index in [4.69, 9.17) is 0 Å². The molecule has 1 aliphatic carbocycles. The molecule has 1 aromatic carbocycles. The quantitative estimate of drug-likeness (QED) is 0.801. The minimum atomic E-state index is 1.14. The van der Waals surface area contributed by atoms with Gasteiger partial charge in [0.15, 0.2) is 0 Å². The summed E-state index contributed by atoms with van der Waals surface area (Å²) in [4.78, 5) is 4.90. The normalized spacial score (nSPS) is 21.3. The third-order valence-corrected chi connectivity index (χ3v) is 4.29. The molecule has 1 fully saturated rings. The zero-order valence-corrected chi connectivity index (χ0v) is 11.9. The van der Waals surface area contributed by atoms with Crippen LogP contribution in [0.1, 0.15) is 31.2 Å². The van der Waals surface area contributed by atoms with Gasteiger partial charge in [0.1, 0.15) is 0 Å². The third kappa shape index (κ3) is 3.01. The highest BCUT2D eigenvalue weighted by atomic mass is 15.2. The highest BCUT2D eigenvalue weighted by Crippen LogP contribution is 2.29. The zero-order chi connectivity index (χ0) is 13.1. The van der Waals surface area contributed by atoms with Gasteiger partial charge in [0.25, 0.3) is 0 Å².